The Balaban J connectivity index is 1.70. The molecule has 1 N–H and O–H groups in total. The highest BCUT2D eigenvalue weighted by Crippen LogP contribution is 2.30. The lowest BCUT2D eigenvalue weighted by Crippen LogP contribution is -2.34. The van der Waals surface area contributed by atoms with E-state index in [0.29, 0.717) is 23.7 Å². The van der Waals surface area contributed by atoms with Gasteiger partial charge in [-0.05, 0) is 41.8 Å². The molecule has 158 valence electrons. The highest BCUT2D eigenvalue weighted by atomic mass is 16.3. The molecule has 1 aliphatic carbocycles. The normalized spacial score (nSPS) is 19.2. The largest absolute Gasteiger partial charge is 0.391 e. The summed E-state index contributed by atoms with van der Waals surface area (Å²) in [5, 5.41) is 13.0. The van der Waals surface area contributed by atoms with Crippen LogP contribution in [0.4, 0.5) is 0 Å². The van der Waals surface area contributed by atoms with Crippen LogP contribution in [0.15, 0.2) is 64.6 Å². The second-order valence-corrected chi connectivity index (χ2v) is 8.52. The number of nitrogens with zero attached hydrogens (tertiary/aromatic N) is 3. The zero-order valence-electron chi connectivity index (χ0n) is 17.5. The van der Waals surface area contributed by atoms with Crippen LogP contribution < -0.4 is 11.1 Å². The van der Waals surface area contributed by atoms with Gasteiger partial charge in [-0.3, -0.25) is 14.2 Å². The van der Waals surface area contributed by atoms with Crippen molar-refractivity contribution in [2.75, 3.05) is 0 Å². The van der Waals surface area contributed by atoms with E-state index >= 15 is 0 Å². The van der Waals surface area contributed by atoms with E-state index in [1.165, 1.54) is 0 Å². The number of aliphatic hydroxyl groups is 1. The standard InChI is InChI=1S/C25H25N3O3/c1-27-14-16(10-11-23(27)30)12-17-13-20-24(19-7-3-2-6-18(17)19)26-15-28(25(20)31)21-8-4-5-9-22(21)29/h2-3,6-7,10-11,13-15,21-22,29H,4-5,8-9,12H2,1H3. The van der Waals surface area contributed by atoms with Gasteiger partial charge in [0.1, 0.15) is 0 Å². The van der Waals surface area contributed by atoms with Gasteiger partial charge >= 0.3 is 0 Å². The quantitative estimate of drug-likeness (QED) is 0.521. The minimum absolute atomic E-state index is 0.0507. The second-order valence-electron chi connectivity index (χ2n) is 8.52. The van der Waals surface area contributed by atoms with Crippen LogP contribution in [-0.4, -0.2) is 25.3 Å². The Morgan fingerprint density at radius 2 is 1.81 bits per heavy atom. The van der Waals surface area contributed by atoms with Gasteiger partial charge in [0, 0.05) is 24.7 Å². The van der Waals surface area contributed by atoms with Gasteiger partial charge in [0.15, 0.2) is 0 Å². The number of hydrogen-bond donors (Lipinski definition) is 1. The van der Waals surface area contributed by atoms with Crippen molar-refractivity contribution >= 4 is 21.7 Å². The molecule has 0 saturated heterocycles. The molecule has 2 heterocycles. The first-order valence-corrected chi connectivity index (χ1v) is 10.8. The molecular weight excluding hydrogens is 390 g/mol. The molecule has 6 heteroatoms. The van der Waals surface area contributed by atoms with E-state index in [2.05, 4.69) is 4.98 Å². The van der Waals surface area contributed by atoms with Crippen molar-refractivity contribution in [3.05, 3.63) is 86.8 Å². The fraction of sp³-hybridized carbons (Fsp3) is 0.320. The summed E-state index contributed by atoms with van der Waals surface area (Å²) in [5.41, 5.74) is 2.54. The third-order valence-corrected chi connectivity index (χ3v) is 6.47. The lowest BCUT2D eigenvalue weighted by atomic mass is 9.92. The van der Waals surface area contributed by atoms with Crippen molar-refractivity contribution in [2.24, 2.45) is 7.05 Å². The molecule has 2 atom stereocenters. The number of pyridine rings is 1. The highest BCUT2D eigenvalue weighted by molar-refractivity contribution is 6.06. The average Bonchev–Trinajstić information content (AvgIpc) is 2.78. The van der Waals surface area contributed by atoms with Gasteiger partial charge in [-0.1, -0.05) is 43.2 Å². The lowest BCUT2D eigenvalue weighted by molar-refractivity contribution is 0.0735. The molecule has 0 radical (unpaired) electrons. The summed E-state index contributed by atoms with van der Waals surface area (Å²) in [4.78, 5) is 29.9. The van der Waals surface area contributed by atoms with Crippen LogP contribution in [-0.2, 0) is 13.5 Å². The van der Waals surface area contributed by atoms with Gasteiger partial charge in [0.05, 0.1) is 29.4 Å². The molecule has 1 saturated carbocycles. The van der Waals surface area contributed by atoms with Gasteiger partial charge in [0.2, 0.25) is 5.56 Å². The topological polar surface area (TPSA) is 77.1 Å². The first-order valence-electron chi connectivity index (χ1n) is 10.8. The van der Waals surface area contributed by atoms with E-state index in [1.54, 1.807) is 28.6 Å². The molecule has 2 aromatic heterocycles. The molecule has 0 spiro atoms. The molecule has 2 aromatic carbocycles. The number of aryl methyl sites for hydroxylation is 1. The maximum absolute atomic E-state index is 13.5. The van der Waals surface area contributed by atoms with E-state index in [9.17, 15) is 14.7 Å². The van der Waals surface area contributed by atoms with E-state index < -0.39 is 6.10 Å². The van der Waals surface area contributed by atoms with E-state index in [4.69, 9.17) is 0 Å². The summed E-state index contributed by atoms with van der Waals surface area (Å²) in [7, 11) is 1.74. The predicted molar refractivity (Wildman–Crippen MR) is 122 cm³/mol. The molecule has 0 aliphatic heterocycles. The maximum Gasteiger partial charge on any atom is 0.261 e. The first-order chi connectivity index (χ1) is 15.0. The Morgan fingerprint density at radius 3 is 2.58 bits per heavy atom. The Bertz CT molecular complexity index is 1400. The van der Waals surface area contributed by atoms with Crippen molar-refractivity contribution in [2.45, 2.75) is 44.2 Å². The van der Waals surface area contributed by atoms with Gasteiger partial charge < -0.3 is 9.67 Å². The molecular formula is C25H25N3O3. The summed E-state index contributed by atoms with van der Waals surface area (Å²) in [6, 6.07) is 13.1. The Hall–Kier alpha value is -3.25. The van der Waals surface area contributed by atoms with Crippen LogP contribution in [0.25, 0.3) is 21.7 Å². The third kappa shape index (κ3) is 3.47. The van der Waals surface area contributed by atoms with Crippen molar-refractivity contribution in [1.82, 2.24) is 14.1 Å². The highest BCUT2D eigenvalue weighted by Gasteiger charge is 2.26. The molecule has 0 amide bonds. The first kappa shape index (κ1) is 19.7. The fourth-order valence-electron chi connectivity index (χ4n) is 4.82. The molecule has 31 heavy (non-hydrogen) atoms. The molecule has 1 aliphatic rings. The predicted octanol–water partition coefficient (Wildman–Crippen LogP) is 3.32. The SMILES string of the molecule is Cn1cc(Cc2cc3c(=O)n(C4CCCCC4O)cnc3c3ccccc23)ccc1=O. The molecule has 2 unspecified atom stereocenters. The molecule has 0 bridgehead atoms. The van der Waals surface area contributed by atoms with Crippen LogP contribution in [0.1, 0.15) is 42.9 Å². The fourth-order valence-corrected chi connectivity index (χ4v) is 4.82. The lowest BCUT2D eigenvalue weighted by Gasteiger charge is -2.29. The Kier molecular flexibility index (Phi) is 4.94. The molecule has 6 nitrogen and oxygen atoms in total. The number of aliphatic hydroxyl groups excluding tert-OH is 1. The van der Waals surface area contributed by atoms with Gasteiger partial charge in [-0.25, -0.2) is 4.98 Å². The molecule has 4 aromatic rings. The minimum Gasteiger partial charge on any atom is -0.391 e. The van der Waals surface area contributed by atoms with Gasteiger partial charge in [-0.15, -0.1) is 0 Å². The second kappa shape index (κ2) is 7.78. The van der Waals surface area contributed by atoms with E-state index in [1.807, 2.05) is 42.6 Å². The number of hydrogen-bond acceptors (Lipinski definition) is 4. The van der Waals surface area contributed by atoms with Crippen LogP contribution in [0.5, 0.6) is 0 Å². The maximum atomic E-state index is 13.5. The van der Waals surface area contributed by atoms with Crippen LogP contribution in [0.2, 0.25) is 0 Å². The van der Waals surface area contributed by atoms with E-state index in [0.717, 1.165) is 41.2 Å². The van der Waals surface area contributed by atoms with Gasteiger partial charge in [-0.2, -0.15) is 0 Å². The minimum atomic E-state index is -0.517. The van der Waals surface area contributed by atoms with Crippen molar-refractivity contribution in [3.8, 4) is 0 Å². The van der Waals surface area contributed by atoms with Crippen molar-refractivity contribution < 1.29 is 5.11 Å². The van der Waals surface area contributed by atoms with Crippen molar-refractivity contribution in [1.29, 1.82) is 0 Å². The summed E-state index contributed by atoms with van der Waals surface area (Å²) < 4.78 is 3.19. The zero-order chi connectivity index (χ0) is 21.5. The molecule has 1 fully saturated rings. The smallest absolute Gasteiger partial charge is 0.261 e. The Morgan fingerprint density at radius 1 is 1.03 bits per heavy atom. The zero-order valence-corrected chi connectivity index (χ0v) is 17.5. The summed E-state index contributed by atoms with van der Waals surface area (Å²) in [6.45, 7) is 0. The average molecular weight is 415 g/mol. The van der Waals surface area contributed by atoms with Crippen LogP contribution in [0, 0.1) is 0 Å². The Labute approximate surface area is 179 Å². The third-order valence-electron chi connectivity index (χ3n) is 6.47. The van der Waals surface area contributed by atoms with E-state index in [-0.39, 0.29) is 17.2 Å². The summed E-state index contributed by atoms with van der Waals surface area (Å²) in [5.74, 6) is 0. The van der Waals surface area contributed by atoms with Gasteiger partial charge in [0.25, 0.3) is 5.56 Å². The van der Waals surface area contributed by atoms with Crippen LogP contribution in [0.3, 0.4) is 0 Å². The number of rotatable bonds is 3. The van der Waals surface area contributed by atoms with Crippen molar-refractivity contribution in [3.63, 3.8) is 0 Å². The molecule has 5 rings (SSSR count). The monoisotopic (exact) mass is 415 g/mol. The van der Waals surface area contributed by atoms with Crippen LogP contribution >= 0.6 is 0 Å². The number of fused-ring (bicyclic) bond motifs is 3. The number of benzene rings is 2. The summed E-state index contributed by atoms with van der Waals surface area (Å²) >= 11 is 0. The summed E-state index contributed by atoms with van der Waals surface area (Å²) in [6.07, 6.45) is 7.01. The number of aromatic nitrogens is 3.